The first-order chi connectivity index (χ1) is 6.60. The van der Waals surface area contributed by atoms with Crippen molar-refractivity contribution in [1.82, 2.24) is 5.48 Å². The molecule has 0 aromatic heterocycles. The summed E-state index contributed by atoms with van der Waals surface area (Å²) >= 11 is 0. The van der Waals surface area contributed by atoms with Gasteiger partial charge in [0.05, 0.1) is 6.61 Å². The van der Waals surface area contributed by atoms with Crippen LogP contribution in [0.2, 0.25) is 0 Å². The normalized spacial score (nSPS) is 12.3. The van der Waals surface area contributed by atoms with Crippen LogP contribution in [0.1, 0.15) is 20.8 Å². The standard InChI is InChI=1S/C7H14FNO5S/c1-7(2,3)14-6(10)9-13-4-5-15(8,11)12/h4-5H2,1-3H3,(H,9,10). The van der Waals surface area contributed by atoms with E-state index in [0.717, 1.165) is 0 Å². The number of nitrogens with one attached hydrogen (secondary N) is 1. The monoisotopic (exact) mass is 243 g/mol. The van der Waals surface area contributed by atoms with Crippen molar-refractivity contribution in [1.29, 1.82) is 0 Å². The third-order valence-corrected chi connectivity index (χ3v) is 1.64. The minimum absolute atomic E-state index is 0.474. The van der Waals surface area contributed by atoms with Crippen LogP contribution in [0.25, 0.3) is 0 Å². The van der Waals surface area contributed by atoms with Crippen LogP contribution >= 0.6 is 0 Å². The van der Waals surface area contributed by atoms with Gasteiger partial charge in [-0.15, -0.1) is 3.89 Å². The first-order valence-electron chi connectivity index (χ1n) is 4.13. The van der Waals surface area contributed by atoms with Gasteiger partial charge in [-0.2, -0.15) is 13.9 Å². The van der Waals surface area contributed by atoms with Gasteiger partial charge in [0.1, 0.15) is 11.4 Å². The SMILES string of the molecule is CC(C)(C)OC(=O)NOCCS(=O)(=O)F. The minimum atomic E-state index is -4.57. The number of carbonyl (C=O) groups is 1. The van der Waals surface area contributed by atoms with Crippen LogP contribution in [0.3, 0.4) is 0 Å². The zero-order valence-corrected chi connectivity index (χ0v) is 9.56. The molecule has 1 amide bonds. The number of halogens is 1. The summed E-state index contributed by atoms with van der Waals surface area (Å²) in [5.41, 5.74) is 1.14. The van der Waals surface area contributed by atoms with Gasteiger partial charge < -0.3 is 4.74 Å². The highest BCUT2D eigenvalue weighted by molar-refractivity contribution is 7.86. The van der Waals surface area contributed by atoms with E-state index >= 15 is 0 Å². The summed E-state index contributed by atoms with van der Waals surface area (Å²) in [6.07, 6.45) is -0.862. The molecule has 0 aromatic rings. The average molecular weight is 243 g/mol. The van der Waals surface area contributed by atoms with Gasteiger partial charge in [0.25, 0.3) is 0 Å². The van der Waals surface area contributed by atoms with E-state index in [0.29, 0.717) is 0 Å². The summed E-state index contributed by atoms with van der Waals surface area (Å²) < 4.78 is 36.7. The van der Waals surface area contributed by atoms with Crippen molar-refractivity contribution in [3.63, 3.8) is 0 Å². The van der Waals surface area contributed by atoms with Gasteiger partial charge in [0, 0.05) is 0 Å². The molecule has 0 unspecified atom stereocenters. The van der Waals surface area contributed by atoms with Crippen LogP contribution in [0.15, 0.2) is 0 Å². The topological polar surface area (TPSA) is 81.7 Å². The lowest BCUT2D eigenvalue weighted by atomic mass is 10.2. The molecule has 0 aliphatic carbocycles. The highest BCUT2D eigenvalue weighted by Crippen LogP contribution is 2.06. The highest BCUT2D eigenvalue weighted by Gasteiger charge is 2.16. The van der Waals surface area contributed by atoms with E-state index in [2.05, 4.69) is 4.84 Å². The molecule has 0 heterocycles. The van der Waals surface area contributed by atoms with Gasteiger partial charge >= 0.3 is 16.3 Å². The first kappa shape index (κ1) is 14.1. The van der Waals surface area contributed by atoms with Crippen LogP contribution in [-0.4, -0.2) is 32.5 Å². The van der Waals surface area contributed by atoms with Crippen LogP contribution in [-0.2, 0) is 19.8 Å². The van der Waals surface area contributed by atoms with Crippen LogP contribution in [0, 0.1) is 0 Å². The van der Waals surface area contributed by atoms with E-state index in [1.807, 2.05) is 5.48 Å². The van der Waals surface area contributed by atoms with E-state index in [1.165, 1.54) is 0 Å². The number of hydrogen-bond acceptors (Lipinski definition) is 5. The number of hydrogen-bond donors (Lipinski definition) is 1. The zero-order chi connectivity index (χ0) is 12.1. The summed E-state index contributed by atoms with van der Waals surface area (Å²) in [7, 11) is -4.57. The van der Waals surface area contributed by atoms with E-state index in [-0.39, 0.29) is 0 Å². The molecule has 0 aliphatic rings. The summed E-state index contributed by atoms with van der Waals surface area (Å²) in [5, 5.41) is 0. The van der Waals surface area contributed by atoms with E-state index in [1.54, 1.807) is 20.8 Å². The summed E-state index contributed by atoms with van der Waals surface area (Å²) in [5.74, 6) is -0.817. The van der Waals surface area contributed by atoms with Crippen molar-refractivity contribution >= 4 is 16.3 Å². The zero-order valence-electron chi connectivity index (χ0n) is 8.74. The second kappa shape index (κ2) is 5.26. The fourth-order valence-corrected chi connectivity index (χ4v) is 0.832. The Bertz CT molecular complexity index is 308. The van der Waals surface area contributed by atoms with Crippen LogP contribution in [0.5, 0.6) is 0 Å². The smallest absolute Gasteiger partial charge is 0.431 e. The molecule has 6 nitrogen and oxygen atoms in total. The molecular formula is C7H14FNO5S. The van der Waals surface area contributed by atoms with Gasteiger partial charge in [-0.3, -0.25) is 4.84 Å². The third kappa shape index (κ3) is 11.0. The van der Waals surface area contributed by atoms with Gasteiger partial charge in [0.15, 0.2) is 0 Å². The Morgan fingerprint density at radius 1 is 1.40 bits per heavy atom. The first-order valence-corrected chi connectivity index (χ1v) is 5.68. The molecular weight excluding hydrogens is 229 g/mol. The molecule has 0 aromatic carbocycles. The molecule has 0 radical (unpaired) electrons. The molecule has 0 fully saturated rings. The van der Waals surface area contributed by atoms with Crippen LogP contribution < -0.4 is 5.48 Å². The summed E-state index contributed by atoms with van der Waals surface area (Å²) in [6, 6.07) is 0. The molecule has 8 heteroatoms. The Labute approximate surface area is 87.9 Å². The third-order valence-electron chi connectivity index (χ3n) is 0.984. The molecule has 0 saturated heterocycles. The molecule has 15 heavy (non-hydrogen) atoms. The van der Waals surface area contributed by atoms with Crippen molar-refractivity contribution in [3.05, 3.63) is 0 Å². The molecule has 0 aliphatic heterocycles. The van der Waals surface area contributed by atoms with E-state index in [4.69, 9.17) is 4.74 Å². The van der Waals surface area contributed by atoms with Crippen molar-refractivity contribution in [2.75, 3.05) is 12.4 Å². The number of amides is 1. The Kier molecular flexibility index (Phi) is 4.95. The number of ether oxygens (including phenoxy) is 1. The largest absolute Gasteiger partial charge is 0.442 e. The van der Waals surface area contributed by atoms with Crippen molar-refractivity contribution in [3.8, 4) is 0 Å². The Morgan fingerprint density at radius 2 is 1.93 bits per heavy atom. The average Bonchev–Trinajstić information content (AvgIpc) is 1.92. The molecule has 90 valence electrons. The van der Waals surface area contributed by atoms with Gasteiger partial charge in [-0.25, -0.2) is 4.79 Å². The maximum absolute atomic E-state index is 11.9. The fourth-order valence-electron chi connectivity index (χ4n) is 0.550. The summed E-state index contributed by atoms with van der Waals surface area (Å²) in [6.45, 7) is 4.48. The second-order valence-corrected chi connectivity index (χ2v) is 5.18. The van der Waals surface area contributed by atoms with Gasteiger partial charge in [-0.1, -0.05) is 0 Å². The van der Waals surface area contributed by atoms with Crippen molar-refractivity contribution in [2.24, 2.45) is 0 Å². The Balaban J connectivity index is 3.66. The predicted molar refractivity (Wildman–Crippen MR) is 50.2 cm³/mol. The lowest BCUT2D eigenvalue weighted by molar-refractivity contribution is -0.00371. The quantitative estimate of drug-likeness (QED) is 0.447. The highest BCUT2D eigenvalue weighted by atomic mass is 32.3. The second-order valence-electron chi connectivity index (χ2n) is 3.70. The van der Waals surface area contributed by atoms with Crippen molar-refractivity contribution in [2.45, 2.75) is 26.4 Å². The van der Waals surface area contributed by atoms with E-state index in [9.17, 15) is 17.1 Å². The Morgan fingerprint density at radius 3 is 2.33 bits per heavy atom. The maximum Gasteiger partial charge on any atom is 0.431 e. The molecule has 0 bridgehead atoms. The molecule has 0 spiro atoms. The molecule has 0 rings (SSSR count). The number of rotatable bonds is 4. The predicted octanol–water partition coefficient (Wildman–Crippen LogP) is 0.742. The fraction of sp³-hybridized carbons (Fsp3) is 0.857. The Hall–Kier alpha value is -0.890. The molecule has 0 saturated carbocycles. The maximum atomic E-state index is 11.9. The lowest BCUT2D eigenvalue weighted by Gasteiger charge is -2.19. The molecule has 1 N–H and O–H groups in total. The lowest BCUT2D eigenvalue weighted by Crippen LogP contribution is -2.33. The molecule has 0 atom stereocenters. The minimum Gasteiger partial charge on any atom is -0.442 e. The number of carbonyl (C=O) groups excluding carboxylic acids is 1. The van der Waals surface area contributed by atoms with E-state index < -0.39 is 34.3 Å². The number of hydroxylamine groups is 1. The van der Waals surface area contributed by atoms with Crippen molar-refractivity contribution < 1.29 is 26.7 Å². The summed E-state index contributed by atoms with van der Waals surface area (Å²) in [4.78, 5) is 15.3. The van der Waals surface area contributed by atoms with Gasteiger partial charge in [0.2, 0.25) is 0 Å². The van der Waals surface area contributed by atoms with Gasteiger partial charge in [-0.05, 0) is 20.8 Å². The van der Waals surface area contributed by atoms with Crippen LogP contribution in [0.4, 0.5) is 8.68 Å².